The molecule has 2 aromatic rings. The monoisotopic (exact) mass is 352 g/mol. The summed E-state index contributed by atoms with van der Waals surface area (Å²) in [7, 11) is -1.95. The summed E-state index contributed by atoms with van der Waals surface area (Å²) >= 11 is 1.40. The van der Waals surface area contributed by atoms with Crippen molar-refractivity contribution >= 4 is 21.4 Å². The van der Waals surface area contributed by atoms with E-state index in [-0.39, 0.29) is 4.90 Å². The van der Waals surface area contributed by atoms with Gasteiger partial charge in [-0.1, -0.05) is 48.8 Å². The van der Waals surface area contributed by atoms with Gasteiger partial charge in [0.15, 0.2) is 0 Å². The minimum absolute atomic E-state index is 0.0959. The maximum atomic E-state index is 11.8. The number of nitrogens with two attached hydrogens (primary N) is 1. The van der Waals surface area contributed by atoms with Crippen molar-refractivity contribution in [3.8, 4) is 10.6 Å². The van der Waals surface area contributed by atoms with Crippen molar-refractivity contribution in [3.63, 3.8) is 0 Å². The second-order valence-corrected chi connectivity index (χ2v) is 8.26. The fourth-order valence-electron chi connectivity index (χ4n) is 2.83. The highest BCUT2D eigenvalue weighted by Crippen LogP contribution is 2.26. The lowest BCUT2D eigenvalue weighted by molar-refractivity contribution is 0.434. The van der Waals surface area contributed by atoms with Gasteiger partial charge >= 0.3 is 0 Å². The molecule has 3 rings (SSSR count). The lowest BCUT2D eigenvalue weighted by atomic mass is 9.96. The van der Waals surface area contributed by atoms with Crippen LogP contribution < -0.4 is 9.94 Å². The molecular weight excluding hydrogens is 332 g/mol. The van der Waals surface area contributed by atoms with Crippen LogP contribution in [-0.2, 0) is 17.1 Å². The molecule has 0 unspecified atom stereocenters. The SMILES string of the molecule is Cn1nc(-c2ccccc2S(N)(=O)=O)sc1=NC1CCCCC1. The first kappa shape index (κ1) is 16.4. The minimum Gasteiger partial charge on any atom is -0.254 e. The molecule has 23 heavy (non-hydrogen) atoms. The normalized spacial score (nSPS) is 17.6. The van der Waals surface area contributed by atoms with Crippen molar-refractivity contribution < 1.29 is 8.42 Å². The Labute approximate surface area is 139 Å². The molecule has 2 N–H and O–H groups in total. The molecule has 1 aromatic carbocycles. The molecule has 124 valence electrons. The van der Waals surface area contributed by atoms with Crippen LogP contribution in [0.15, 0.2) is 34.2 Å². The van der Waals surface area contributed by atoms with Gasteiger partial charge in [0.25, 0.3) is 0 Å². The van der Waals surface area contributed by atoms with Crippen LogP contribution in [0.2, 0.25) is 0 Å². The van der Waals surface area contributed by atoms with Gasteiger partial charge in [0.2, 0.25) is 14.8 Å². The van der Waals surface area contributed by atoms with Crippen molar-refractivity contribution in [2.75, 3.05) is 0 Å². The van der Waals surface area contributed by atoms with Gasteiger partial charge in [0.05, 0.1) is 10.9 Å². The van der Waals surface area contributed by atoms with E-state index in [2.05, 4.69) is 5.10 Å². The van der Waals surface area contributed by atoms with E-state index in [0.29, 0.717) is 16.6 Å². The fourth-order valence-corrected chi connectivity index (χ4v) is 4.63. The zero-order valence-corrected chi connectivity index (χ0v) is 14.6. The first-order valence-corrected chi connectivity index (χ1v) is 10.0. The Kier molecular flexibility index (Phi) is 4.65. The summed E-state index contributed by atoms with van der Waals surface area (Å²) in [5.41, 5.74) is 0.528. The van der Waals surface area contributed by atoms with E-state index in [1.807, 2.05) is 7.05 Å². The number of rotatable bonds is 3. The Morgan fingerprint density at radius 1 is 1.26 bits per heavy atom. The van der Waals surface area contributed by atoms with E-state index in [9.17, 15) is 8.42 Å². The lowest BCUT2D eigenvalue weighted by Crippen LogP contribution is -2.18. The number of nitrogens with zero attached hydrogens (tertiary/aromatic N) is 3. The standard InChI is InChI=1S/C15H20N4O2S2/c1-19-15(17-11-7-3-2-4-8-11)22-14(18-19)12-9-5-6-10-13(12)23(16,20)21/h5-6,9-11H,2-4,7-8H2,1H3,(H2,16,20,21). The first-order chi connectivity index (χ1) is 10.9. The highest BCUT2D eigenvalue weighted by Gasteiger charge is 2.18. The molecule has 0 bridgehead atoms. The molecule has 1 heterocycles. The van der Waals surface area contributed by atoms with E-state index in [0.717, 1.165) is 17.6 Å². The average molecular weight is 352 g/mol. The molecule has 0 spiro atoms. The van der Waals surface area contributed by atoms with Gasteiger partial charge in [-0.3, -0.25) is 4.99 Å². The summed E-state index contributed by atoms with van der Waals surface area (Å²) in [6.45, 7) is 0. The van der Waals surface area contributed by atoms with Crippen molar-refractivity contribution in [3.05, 3.63) is 29.1 Å². The smallest absolute Gasteiger partial charge is 0.238 e. The Morgan fingerprint density at radius 3 is 2.65 bits per heavy atom. The van der Waals surface area contributed by atoms with Crippen LogP contribution in [0.4, 0.5) is 0 Å². The Balaban J connectivity index is 2.03. The molecular formula is C15H20N4O2S2. The van der Waals surface area contributed by atoms with Crippen molar-refractivity contribution in [1.29, 1.82) is 0 Å². The number of hydrogen-bond donors (Lipinski definition) is 1. The van der Waals surface area contributed by atoms with Crippen molar-refractivity contribution in [2.45, 2.75) is 43.0 Å². The largest absolute Gasteiger partial charge is 0.254 e. The number of aromatic nitrogens is 2. The van der Waals surface area contributed by atoms with E-state index in [1.165, 1.54) is 36.7 Å². The molecule has 1 aliphatic rings. The number of benzene rings is 1. The zero-order chi connectivity index (χ0) is 16.4. The van der Waals surface area contributed by atoms with Crippen LogP contribution in [0, 0.1) is 0 Å². The van der Waals surface area contributed by atoms with Crippen molar-refractivity contribution in [1.82, 2.24) is 9.78 Å². The van der Waals surface area contributed by atoms with Gasteiger partial charge in [-0.15, -0.1) is 0 Å². The summed E-state index contributed by atoms with van der Waals surface area (Å²) < 4.78 is 25.2. The van der Waals surface area contributed by atoms with E-state index in [4.69, 9.17) is 10.1 Å². The third kappa shape index (κ3) is 3.70. The van der Waals surface area contributed by atoms with Gasteiger partial charge in [-0.25, -0.2) is 18.2 Å². The maximum Gasteiger partial charge on any atom is 0.238 e. The van der Waals surface area contributed by atoms with Gasteiger partial charge < -0.3 is 0 Å². The van der Waals surface area contributed by atoms with Crippen LogP contribution in [0.25, 0.3) is 10.6 Å². The molecule has 6 nitrogen and oxygen atoms in total. The maximum absolute atomic E-state index is 11.8. The number of hydrogen-bond acceptors (Lipinski definition) is 5. The average Bonchev–Trinajstić information content (AvgIpc) is 2.88. The van der Waals surface area contributed by atoms with E-state index in [1.54, 1.807) is 22.9 Å². The van der Waals surface area contributed by atoms with Crippen LogP contribution in [0.1, 0.15) is 32.1 Å². The van der Waals surface area contributed by atoms with Crippen LogP contribution in [0.3, 0.4) is 0 Å². The zero-order valence-electron chi connectivity index (χ0n) is 13.0. The fraction of sp³-hybridized carbons (Fsp3) is 0.467. The van der Waals surface area contributed by atoms with E-state index < -0.39 is 10.0 Å². The van der Waals surface area contributed by atoms with Gasteiger partial charge in [-0.2, -0.15) is 5.10 Å². The second-order valence-electron chi connectivity index (χ2n) is 5.78. The quantitative estimate of drug-likeness (QED) is 0.916. The lowest BCUT2D eigenvalue weighted by Gasteiger charge is -2.16. The second kappa shape index (κ2) is 6.54. The molecule has 1 saturated carbocycles. The third-order valence-corrected chi connectivity index (χ3v) is 6.01. The molecule has 0 radical (unpaired) electrons. The third-order valence-electron chi connectivity index (χ3n) is 4.00. The summed E-state index contributed by atoms with van der Waals surface area (Å²) in [6, 6.07) is 7.01. The molecule has 1 aromatic heterocycles. The number of aryl methyl sites for hydroxylation is 1. The molecule has 0 saturated heterocycles. The Morgan fingerprint density at radius 2 is 1.96 bits per heavy atom. The predicted octanol–water partition coefficient (Wildman–Crippen LogP) is 2.03. The molecule has 0 amide bonds. The van der Waals surface area contributed by atoms with Gasteiger partial charge in [-0.05, 0) is 18.9 Å². The Bertz CT molecular complexity index is 862. The predicted molar refractivity (Wildman–Crippen MR) is 90.3 cm³/mol. The molecule has 1 aliphatic carbocycles. The summed E-state index contributed by atoms with van der Waals surface area (Å²) in [6.07, 6.45) is 5.95. The number of sulfonamides is 1. The van der Waals surface area contributed by atoms with Gasteiger partial charge in [0.1, 0.15) is 5.01 Å². The number of primary sulfonamides is 1. The Hall–Kier alpha value is -1.51. The van der Waals surface area contributed by atoms with Crippen LogP contribution in [0.5, 0.6) is 0 Å². The van der Waals surface area contributed by atoms with Crippen LogP contribution in [-0.4, -0.2) is 24.2 Å². The minimum atomic E-state index is -3.79. The summed E-state index contributed by atoms with van der Waals surface area (Å²) in [5.74, 6) is 0. The molecule has 0 atom stereocenters. The molecule has 8 heteroatoms. The summed E-state index contributed by atoms with van der Waals surface area (Å²) in [4.78, 5) is 5.71. The topological polar surface area (TPSA) is 90.3 Å². The highest BCUT2D eigenvalue weighted by molar-refractivity contribution is 7.89. The van der Waals surface area contributed by atoms with Gasteiger partial charge in [0, 0.05) is 12.6 Å². The van der Waals surface area contributed by atoms with Crippen molar-refractivity contribution in [2.24, 2.45) is 17.2 Å². The molecule has 0 aliphatic heterocycles. The first-order valence-electron chi connectivity index (χ1n) is 7.65. The molecule has 1 fully saturated rings. The highest BCUT2D eigenvalue weighted by atomic mass is 32.2. The summed E-state index contributed by atoms with van der Waals surface area (Å²) in [5, 5.41) is 10.4. The van der Waals surface area contributed by atoms with Crippen LogP contribution >= 0.6 is 11.3 Å². The van der Waals surface area contributed by atoms with E-state index >= 15 is 0 Å².